The predicted octanol–water partition coefficient (Wildman–Crippen LogP) is 3.86. The van der Waals surface area contributed by atoms with E-state index in [-0.39, 0.29) is 5.41 Å². The van der Waals surface area contributed by atoms with E-state index in [0.29, 0.717) is 5.82 Å². The maximum atomic E-state index is 6.04. The largest absolute Gasteiger partial charge is 0.382 e. The molecule has 3 heteroatoms. The van der Waals surface area contributed by atoms with Gasteiger partial charge in [0.2, 0.25) is 0 Å². The molecule has 0 fully saturated rings. The number of anilines is 1. The topological polar surface area (TPSA) is 54.7 Å². The fourth-order valence-corrected chi connectivity index (χ4v) is 2.27. The molecule has 0 aliphatic rings. The second-order valence-corrected chi connectivity index (χ2v) is 6.50. The number of nitrogens with zero attached hydrogens (tertiary/aromatic N) is 1. The Hall–Kier alpha value is -1.77. The van der Waals surface area contributed by atoms with E-state index >= 15 is 0 Å². The zero-order valence-corrected chi connectivity index (χ0v) is 12.5. The molecule has 0 radical (unpaired) electrons. The standard InChI is InChI=1S/C16H23N3/c1-10-6-7-12(8-11(10)2)14-13(9-16(3,4)5)18-19-15(14)17/h6-8H,9H2,1-5H3,(H3,17,18,19). The summed E-state index contributed by atoms with van der Waals surface area (Å²) in [5.41, 5.74) is 12.1. The number of aromatic nitrogens is 2. The third-order valence-electron chi connectivity index (χ3n) is 3.37. The maximum absolute atomic E-state index is 6.04. The number of nitrogens with two attached hydrogens (primary N) is 1. The fraction of sp³-hybridized carbons (Fsp3) is 0.438. The Morgan fingerprint density at radius 2 is 1.84 bits per heavy atom. The molecule has 102 valence electrons. The van der Waals surface area contributed by atoms with E-state index in [2.05, 4.69) is 63.0 Å². The highest BCUT2D eigenvalue weighted by Gasteiger charge is 2.19. The number of H-pyrrole nitrogens is 1. The van der Waals surface area contributed by atoms with Gasteiger partial charge in [-0.3, -0.25) is 5.10 Å². The first-order valence-electron chi connectivity index (χ1n) is 6.68. The molecule has 0 saturated heterocycles. The van der Waals surface area contributed by atoms with E-state index in [0.717, 1.165) is 23.2 Å². The van der Waals surface area contributed by atoms with Crippen molar-refractivity contribution in [2.45, 2.75) is 41.0 Å². The summed E-state index contributed by atoms with van der Waals surface area (Å²) in [5, 5.41) is 7.27. The molecule has 0 amide bonds. The third-order valence-corrected chi connectivity index (χ3v) is 3.37. The molecule has 0 atom stereocenters. The van der Waals surface area contributed by atoms with Gasteiger partial charge in [-0.1, -0.05) is 39.0 Å². The smallest absolute Gasteiger partial charge is 0.153 e. The molecular weight excluding hydrogens is 234 g/mol. The van der Waals surface area contributed by atoms with Gasteiger partial charge >= 0.3 is 0 Å². The van der Waals surface area contributed by atoms with E-state index < -0.39 is 0 Å². The van der Waals surface area contributed by atoms with Gasteiger partial charge in [0.25, 0.3) is 0 Å². The number of hydrogen-bond acceptors (Lipinski definition) is 2. The number of benzene rings is 1. The predicted molar refractivity (Wildman–Crippen MR) is 81.1 cm³/mol. The highest BCUT2D eigenvalue weighted by molar-refractivity contribution is 5.77. The van der Waals surface area contributed by atoms with E-state index in [4.69, 9.17) is 5.73 Å². The zero-order valence-electron chi connectivity index (χ0n) is 12.5. The Morgan fingerprint density at radius 3 is 2.42 bits per heavy atom. The van der Waals surface area contributed by atoms with Gasteiger partial charge in [-0.15, -0.1) is 0 Å². The number of nitrogen functional groups attached to an aromatic ring is 1. The van der Waals surface area contributed by atoms with Crippen LogP contribution in [0.4, 0.5) is 5.82 Å². The van der Waals surface area contributed by atoms with Crippen LogP contribution in [0.25, 0.3) is 11.1 Å². The second kappa shape index (κ2) is 4.72. The van der Waals surface area contributed by atoms with Crippen LogP contribution >= 0.6 is 0 Å². The lowest BCUT2D eigenvalue weighted by Crippen LogP contribution is -2.10. The molecule has 1 aromatic carbocycles. The summed E-state index contributed by atoms with van der Waals surface area (Å²) in [7, 11) is 0. The van der Waals surface area contributed by atoms with Gasteiger partial charge in [0.1, 0.15) is 0 Å². The van der Waals surface area contributed by atoms with Gasteiger partial charge in [0, 0.05) is 11.3 Å². The Labute approximate surface area is 115 Å². The average molecular weight is 257 g/mol. The highest BCUT2D eigenvalue weighted by atomic mass is 15.2. The summed E-state index contributed by atoms with van der Waals surface area (Å²) in [4.78, 5) is 0. The van der Waals surface area contributed by atoms with Crippen LogP contribution in [0, 0.1) is 19.3 Å². The molecule has 0 saturated carbocycles. The number of rotatable bonds is 2. The molecule has 1 aromatic heterocycles. The van der Waals surface area contributed by atoms with E-state index in [1.165, 1.54) is 11.1 Å². The Bertz CT molecular complexity index is 589. The van der Waals surface area contributed by atoms with Crippen LogP contribution in [-0.4, -0.2) is 10.2 Å². The summed E-state index contributed by atoms with van der Waals surface area (Å²) in [6.45, 7) is 10.9. The monoisotopic (exact) mass is 257 g/mol. The van der Waals surface area contributed by atoms with Gasteiger partial charge in [-0.25, -0.2) is 0 Å². The molecule has 0 spiro atoms. The van der Waals surface area contributed by atoms with E-state index in [9.17, 15) is 0 Å². The van der Waals surface area contributed by atoms with Crippen LogP contribution in [0.2, 0.25) is 0 Å². The van der Waals surface area contributed by atoms with Crippen LogP contribution in [0.5, 0.6) is 0 Å². The van der Waals surface area contributed by atoms with Crippen LogP contribution in [0.3, 0.4) is 0 Å². The number of nitrogens with one attached hydrogen (secondary N) is 1. The quantitative estimate of drug-likeness (QED) is 0.858. The van der Waals surface area contributed by atoms with Crippen molar-refractivity contribution in [1.82, 2.24) is 10.2 Å². The first kappa shape index (κ1) is 13.7. The summed E-state index contributed by atoms with van der Waals surface area (Å²) in [6, 6.07) is 6.44. The van der Waals surface area contributed by atoms with Crippen molar-refractivity contribution < 1.29 is 0 Å². The van der Waals surface area contributed by atoms with E-state index in [1.807, 2.05) is 0 Å². The summed E-state index contributed by atoms with van der Waals surface area (Å²) >= 11 is 0. The lowest BCUT2D eigenvalue weighted by atomic mass is 9.88. The minimum atomic E-state index is 0.202. The van der Waals surface area contributed by atoms with Crippen LogP contribution in [0.15, 0.2) is 18.2 Å². The fourth-order valence-electron chi connectivity index (χ4n) is 2.27. The number of hydrogen-bond donors (Lipinski definition) is 2. The summed E-state index contributed by atoms with van der Waals surface area (Å²) < 4.78 is 0. The molecule has 0 aliphatic heterocycles. The molecule has 2 rings (SSSR count). The minimum absolute atomic E-state index is 0.202. The van der Waals surface area contributed by atoms with Gasteiger partial charge in [-0.2, -0.15) is 5.10 Å². The maximum Gasteiger partial charge on any atom is 0.153 e. The van der Waals surface area contributed by atoms with Crippen LogP contribution in [-0.2, 0) is 6.42 Å². The van der Waals surface area contributed by atoms with Crippen molar-refractivity contribution in [2.24, 2.45) is 5.41 Å². The SMILES string of the molecule is Cc1ccc(-c2c(N)n[nH]c2CC(C)(C)C)cc1C. The minimum Gasteiger partial charge on any atom is -0.382 e. The molecule has 3 nitrogen and oxygen atoms in total. The lowest BCUT2D eigenvalue weighted by molar-refractivity contribution is 0.406. The van der Waals surface area contributed by atoms with Gasteiger partial charge in [0.05, 0.1) is 0 Å². The molecule has 0 aliphatic carbocycles. The molecular formula is C16H23N3. The Balaban J connectivity index is 2.49. The van der Waals surface area contributed by atoms with Crippen molar-refractivity contribution in [3.8, 4) is 11.1 Å². The first-order chi connectivity index (χ1) is 8.78. The van der Waals surface area contributed by atoms with Crippen molar-refractivity contribution >= 4 is 5.82 Å². The first-order valence-corrected chi connectivity index (χ1v) is 6.68. The van der Waals surface area contributed by atoms with Gasteiger partial charge in [-0.05, 0) is 42.4 Å². The van der Waals surface area contributed by atoms with Crippen LogP contribution in [0.1, 0.15) is 37.6 Å². The number of aromatic amines is 1. The van der Waals surface area contributed by atoms with Crippen molar-refractivity contribution in [3.05, 3.63) is 35.0 Å². The highest BCUT2D eigenvalue weighted by Crippen LogP contribution is 2.32. The lowest BCUT2D eigenvalue weighted by Gasteiger charge is -2.18. The van der Waals surface area contributed by atoms with Crippen molar-refractivity contribution in [1.29, 1.82) is 0 Å². The van der Waals surface area contributed by atoms with Gasteiger partial charge < -0.3 is 5.73 Å². The van der Waals surface area contributed by atoms with Crippen LogP contribution < -0.4 is 5.73 Å². The van der Waals surface area contributed by atoms with Crippen molar-refractivity contribution in [2.75, 3.05) is 5.73 Å². The average Bonchev–Trinajstić information content (AvgIpc) is 2.62. The second-order valence-electron chi connectivity index (χ2n) is 6.50. The Kier molecular flexibility index (Phi) is 3.40. The zero-order chi connectivity index (χ0) is 14.2. The molecule has 0 unspecified atom stereocenters. The molecule has 3 N–H and O–H groups in total. The summed E-state index contributed by atoms with van der Waals surface area (Å²) in [6.07, 6.45) is 0.930. The Morgan fingerprint density at radius 1 is 1.16 bits per heavy atom. The normalized spacial score (nSPS) is 11.8. The van der Waals surface area contributed by atoms with E-state index in [1.54, 1.807) is 0 Å². The van der Waals surface area contributed by atoms with Crippen molar-refractivity contribution in [3.63, 3.8) is 0 Å². The van der Waals surface area contributed by atoms with Gasteiger partial charge in [0.15, 0.2) is 5.82 Å². The third kappa shape index (κ3) is 2.98. The molecule has 19 heavy (non-hydrogen) atoms. The number of aryl methyl sites for hydroxylation is 2. The molecule has 0 bridgehead atoms. The molecule has 1 heterocycles. The summed E-state index contributed by atoms with van der Waals surface area (Å²) in [5.74, 6) is 0.586. The molecule has 2 aromatic rings.